The molecule has 20 heavy (non-hydrogen) atoms. The van der Waals surface area contributed by atoms with Crippen LogP contribution >= 0.6 is 0 Å². The number of hydrogen-bond donors (Lipinski definition) is 0. The zero-order chi connectivity index (χ0) is 13.9. The largest absolute Gasteiger partial charge is 0.468 e. The van der Waals surface area contributed by atoms with Crippen LogP contribution in [-0.4, -0.2) is 54.6 Å². The Bertz CT molecular complexity index is 463. The van der Waals surface area contributed by atoms with Crippen molar-refractivity contribution in [1.29, 1.82) is 0 Å². The molecule has 0 unspecified atom stereocenters. The second-order valence-corrected chi connectivity index (χ2v) is 5.74. The normalized spacial score (nSPS) is 27.2. The van der Waals surface area contributed by atoms with E-state index >= 15 is 0 Å². The van der Waals surface area contributed by atoms with Crippen LogP contribution in [-0.2, 0) is 16.1 Å². The van der Waals surface area contributed by atoms with Gasteiger partial charge >= 0.3 is 5.97 Å². The summed E-state index contributed by atoms with van der Waals surface area (Å²) in [5, 5.41) is 0. The summed E-state index contributed by atoms with van der Waals surface area (Å²) in [7, 11) is 1.49. The molecule has 0 spiro atoms. The molecule has 2 heterocycles. The van der Waals surface area contributed by atoms with Crippen molar-refractivity contribution < 1.29 is 9.53 Å². The van der Waals surface area contributed by atoms with Gasteiger partial charge < -0.3 is 4.74 Å². The molecule has 0 radical (unpaired) electrons. The molecular weight excluding hydrogens is 252 g/mol. The quantitative estimate of drug-likeness (QED) is 0.782. The van der Waals surface area contributed by atoms with Crippen molar-refractivity contribution in [1.82, 2.24) is 9.80 Å². The Morgan fingerprint density at radius 1 is 1.30 bits per heavy atom. The second-order valence-electron chi connectivity index (χ2n) is 5.74. The number of rotatable bonds is 3. The van der Waals surface area contributed by atoms with Crippen molar-refractivity contribution in [3.05, 3.63) is 35.9 Å². The minimum Gasteiger partial charge on any atom is -0.468 e. The first-order valence-corrected chi connectivity index (χ1v) is 7.38. The zero-order valence-electron chi connectivity index (χ0n) is 12.0. The Kier molecular flexibility index (Phi) is 4.03. The molecule has 0 amide bonds. The zero-order valence-corrected chi connectivity index (χ0v) is 12.0. The number of carbonyl (C=O) groups is 1. The molecule has 4 nitrogen and oxygen atoms in total. The summed E-state index contributed by atoms with van der Waals surface area (Å²) < 4.78 is 5.00. The molecule has 0 aromatic heterocycles. The van der Waals surface area contributed by atoms with Crippen LogP contribution in [0.15, 0.2) is 30.3 Å². The van der Waals surface area contributed by atoms with Crippen LogP contribution < -0.4 is 0 Å². The minimum absolute atomic E-state index is 0.105. The average molecular weight is 274 g/mol. The van der Waals surface area contributed by atoms with E-state index in [1.165, 1.54) is 25.5 Å². The number of methoxy groups -OCH3 is 1. The van der Waals surface area contributed by atoms with E-state index in [0.29, 0.717) is 6.04 Å². The highest BCUT2D eigenvalue weighted by molar-refractivity contribution is 5.76. The van der Waals surface area contributed by atoms with Crippen molar-refractivity contribution in [2.24, 2.45) is 0 Å². The lowest BCUT2D eigenvalue weighted by atomic mass is 10.1. The van der Waals surface area contributed by atoms with Gasteiger partial charge in [-0.15, -0.1) is 0 Å². The molecule has 0 N–H and O–H groups in total. The van der Waals surface area contributed by atoms with Gasteiger partial charge in [0.1, 0.15) is 6.04 Å². The lowest BCUT2D eigenvalue weighted by Crippen LogP contribution is -2.58. The van der Waals surface area contributed by atoms with Crippen molar-refractivity contribution in [3.63, 3.8) is 0 Å². The summed E-state index contributed by atoms with van der Waals surface area (Å²) in [6, 6.07) is 10.8. The standard InChI is InChI=1S/C16H22N2O2/c1-20-16(19)15-12-17-9-5-8-14(17)11-18(15)10-13-6-3-2-4-7-13/h2-4,6-7,14-15H,5,8-12H2,1H3/t14-,15-/m1/s1. The molecule has 0 bridgehead atoms. The average Bonchev–Trinajstić information content (AvgIpc) is 2.94. The van der Waals surface area contributed by atoms with E-state index in [1.807, 2.05) is 18.2 Å². The smallest absolute Gasteiger partial charge is 0.324 e. The molecule has 2 atom stereocenters. The molecule has 1 aromatic carbocycles. The number of benzene rings is 1. The molecule has 2 fully saturated rings. The fourth-order valence-corrected chi connectivity index (χ4v) is 3.43. The molecule has 2 saturated heterocycles. The van der Waals surface area contributed by atoms with E-state index in [1.54, 1.807) is 0 Å². The van der Waals surface area contributed by atoms with Crippen LogP contribution in [0.5, 0.6) is 0 Å². The molecule has 3 rings (SSSR count). The molecule has 4 heteroatoms. The van der Waals surface area contributed by atoms with E-state index in [0.717, 1.165) is 26.2 Å². The van der Waals surface area contributed by atoms with Crippen molar-refractivity contribution >= 4 is 5.97 Å². The van der Waals surface area contributed by atoms with E-state index in [4.69, 9.17) is 4.74 Å². The molecule has 2 aliphatic rings. The van der Waals surface area contributed by atoms with Crippen LogP contribution in [0.1, 0.15) is 18.4 Å². The molecule has 1 aromatic rings. The van der Waals surface area contributed by atoms with Crippen molar-refractivity contribution in [2.75, 3.05) is 26.7 Å². The fourth-order valence-electron chi connectivity index (χ4n) is 3.43. The van der Waals surface area contributed by atoms with Gasteiger partial charge in [0.05, 0.1) is 7.11 Å². The first kappa shape index (κ1) is 13.6. The lowest BCUT2D eigenvalue weighted by Gasteiger charge is -2.42. The maximum atomic E-state index is 12.1. The van der Waals surface area contributed by atoms with Crippen molar-refractivity contribution in [3.8, 4) is 0 Å². The monoisotopic (exact) mass is 274 g/mol. The molecule has 0 saturated carbocycles. The third kappa shape index (κ3) is 2.72. The summed E-state index contributed by atoms with van der Waals surface area (Å²) in [5.41, 5.74) is 1.26. The Morgan fingerprint density at radius 2 is 2.10 bits per heavy atom. The third-order valence-electron chi connectivity index (χ3n) is 4.49. The predicted molar refractivity (Wildman–Crippen MR) is 77.3 cm³/mol. The Hall–Kier alpha value is -1.39. The predicted octanol–water partition coefficient (Wildman–Crippen LogP) is 1.51. The topological polar surface area (TPSA) is 32.8 Å². The van der Waals surface area contributed by atoms with Gasteiger partial charge in [0.15, 0.2) is 0 Å². The molecule has 2 aliphatic heterocycles. The Balaban J connectivity index is 1.76. The highest BCUT2D eigenvalue weighted by Crippen LogP contribution is 2.26. The lowest BCUT2D eigenvalue weighted by molar-refractivity contribution is -0.150. The molecule has 108 valence electrons. The highest BCUT2D eigenvalue weighted by atomic mass is 16.5. The van der Waals surface area contributed by atoms with Gasteiger partial charge in [-0.05, 0) is 24.9 Å². The van der Waals surface area contributed by atoms with Crippen LogP contribution in [0.3, 0.4) is 0 Å². The van der Waals surface area contributed by atoms with E-state index in [9.17, 15) is 4.79 Å². The van der Waals surface area contributed by atoms with Gasteiger partial charge in [-0.1, -0.05) is 30.3 Å². The van der Waals surface area contributed by atoms with Gasteiger partial charge in [-0.25, -0.2) is 0 Å². The Labute approximate surface area is 120 Å². The first-order valence-electron chi connectivity index (χ1n) is 7.38. The Morgan fingerprint density at radius 3 is 2.85 bits per heavy atom. The summed E-state index contributed by atoms with van der Waals surface area (Å²) in [5.74, 6) is -0.105. The molecule has 0 aliphatic carbocycles. The van der Waals surface area contributed by atoms with E-state index in [-0.39, 0.29) is 12.0 Å². The van der Waals surface area contributed by atoms with Crippen LogP contribution in [0.25, 0.3) is 0 Å². The minimum atomic E-state index is -0.130. The number of fused-ring (bicyclic) bond motifs is 1. The summed E-state index contributed by atoms with van der Waals surface area (Å²) in [6.07, 6.45) is 2.50. The van der Waals surface area contributed by atoms with Gasteiger partial charge in [-0.2, -0.15) is 0 Å². The third-order valence-corrected chi connectivity index (χ3v) is 4.49. The van der Waals surface area contributed by atoms with E-state index < -0.39 is 0 Å². The SMILES string of the molecule is COC(=O)[C@H]1CN2CCC[C@@H]2CN1Cc1ccccc1. The number of piperazine rings is 1. The van der Waals surface area contributed by atoms with Crippen LogP contribution in [0.2, 0.25) is 0 Å². The highest BCUT2D eigenvalue weighted by Gasteiger charge is 2.39. The fraction of sp³-hybridized carbons (Fsp3) is 0.562. The van der Waals surface area contributed by atoms with E-state index in [2.05, 4.69) is 21.9 Å². The van der Waals surface area contributed by atoms with Gasteiger partial charge in [-0.3, -0.25) is 14.6 Å². The van der Waals surface area contributed by atoms with Crippen LogP contribution in [0, 0.1) is 0 Å². The summed E-state index contributed by atoms with van der Waals surface area (Å²) in [6.45, 7) is 3.72. The first-order chi connectivity index (χ1) is 9.78. The number of nitrogens with zero attached hydrogens (tertiary/aromatic N) is 2. The van der Waals surface area contributed by atoms with Gasteiger partial charge in [0, 0.05) is 25.7 Å². The number of carbonyl (C=O) groups excluding carboxylic acids is 1. The van der Waals surface area contributed by atoms with Gasteiger partial charge in [0.25, 0.3) is 0 Å². The maximum absolute atomic E-state index is 12.1. The number of esters is 1. The number of ether oxygens (including phenoxy) is 1. The summed E-state index contributed by atoms with van der Waals surface area (Å²) in [4.78, 5) is 16.8. The number of hydrogen-bond acceptors (Lipinski definition) is 4. The maximum Gasteiger partial charge on any atom is 0.324 e. The molecular formula is C16H22N2O2. The van der Waals surface area contributed by atoms with Crippen molar-refractivity contribution in [2.45, 2.75) is 31.5 Å². The van der Waals surface area contributed by atoms with Gasteiger partial charge in [0.2, 0.25) is 0 Å². The second kappa shape index (κ2) is 5.94. The summed E-state index contributed by atoms with van der Waals surface area (Å²) >= 11 is 0. The van der Waals surface area contributed by atoms with Crippen LogP contribution in [0.4, 0.5) is 0 Å².